The molecule has 0 aliphatic rings. The van der Waals surface area contributed by atoms with E-state index in [1.165, 1.54) is 6.07 Å². The second kappa shape index (κ2) is 6.33. The molecule has 2 atom stereocenters. The van der Waals surface area contributed by atoms with E-state index in [4.69, 9.17) is 6.42 Å². The summed E-state index contributed by atoms with van der Waals surface area (Å²) in [5, 5.41) is 12.6. The highest BCUT2D eigenvalue weighted by atomic mass is 19.1. The maximum absolute atomic E-state index is 13.3. The molecule has 4 heteroatoms. The maximum Gasteiger partial charge on any atom is 0.131 e. The predicted octanol–water partition coefficient (Wildman–Crippen LogP) is 2.00. The van der Waals surface area contributed by atoms with E-state index in [2.05, 4.69) is 11.2 Å². The standard InChI is InChI=1S/C13H15F2NO/c1-3-5-9(2)16-8-12(17)13-10(14)6-4-7-11(13)15/h1,4,6-7,9,12,16-17H,5,8H2,2H3. The van der Waals surface area contributed by atoms with Crippen LogP contribution in [0.3, 0.4) is 0 Å². The molecule has 17 heavy (non-hydrogen) atoms. The summed E-state index contributed by atoms with van der Waals surface area (Å²) in [6.45, 7) is 1.89. The van der Waals surface area contributed by atoms with Crippen molar-refractivity contribution in [3.8, 4) is 12.3 Å². The van der Waals surface area contributed by atoms with E-state index in [1.54, 1.807) is 0 Å². The molecule has 2 nitrogen and oxygen atoms in total. The molecule has 0 heterocycles. The van der Waals surface area contributed by atoms with Gasteiger partial charge in [-0.15, -0.1) is 12.3 Å². The zero-order valence-corrected chi connectivity index (χ0v) is 9.58. The van der Waals surface area contributed by atoms with Gasteiger partial charge in [-0.2, -0.15) is 0 Å². The van der Waals surface area contributed by atoms with Gasteiger partial charge in [0.2, 0.25) is 0 Å². The van der Waals surface area contributed by atoms with Gasteiger partial charge in [-0.1, -0.05) is 6.07 Å². The summed E-state index contributed by atoms with van der Waals surface area (Å²) in [7, 11) is 0. The van der Waals surface area contributed by atoms with Crippen LogP contribution in [0.2, 0.25) is 0 Å². The Labute approximate surface area is 99.7 Å². The summed E-state index contributed by atoms with van der Waals surface area (Å²) in [5.74, 6) is 0.969. The Hall–Kier alpha value is -1.44. The van der Waals surface area contributed by atoms with Crippen LogP contribution in [-0.2, 0) is 0 Å². The summed E-state index contributed by atoms with van der Waals surface area (Å²) in [6.07, 6.45) is 4.39. The summed E-state index contributed by atoms with van der Waals surface area (Å²) < 4.78 is 26.6. The summed E-state index contributed by atoms with van der Waals surface area (Å²) in [5.41, 5.74) is -0.312. The van der Waals surface area contributed by atoms with Crippen molar-refractivity contribution in [1.82, 2.24) is 5.32 Å². The number of hydrogen-bond donors (Lipinski definition) is 2. The van der Waals surface area contributed by atoms with Crippen LogP contribution in [-0.4, -0.2) is 17.7 Å². The smallest absolute Gasteiger partial charge is 0.131 e. The van der Waals surface area contributed by atoms with Gasteiger partial charge in [-0.3, -0.25) is 0 Å². The molecule has 0 radical (unpaired) electrons. The third kappa shape index (κ3) is 3.81. The minimum Gasteiger partial charge on any atom is -0.387 e. The van der Waals surface area contributed by atoms with Gasteiger partial charge in [0.25, 0.3) is 0 Å². The van der Waals surface area contributed by atoms with Crippen molar-refractivity contribution in [2.24, 2.45) is 0 Å². The SMILES string of the molecule is C#CCC(C)NCC(O)c1c(F)cccc1F. The van der Waals surface area contributed by atoms with E-state index in [1.807, 2.05) is 6.92 Å². The normalized spacial score (nSPS) is 14.1. The summed E-state index contributed by atoms with van der Waals surface area (Å²) >= 11 is 0. The first-order valence-corrected chi connectivity index (χ1v) is 5.35. The third-order valence-corrected chi connectivity index (χ3v) is 2.42. The van der Waals surface area contributed by atoms with Gasteiger partial charge in [0.05, 0.1) is 11.7 Å². The quantitative estimate of drug-likeness (QED) is 0.770. The van der Waals surface area contributed by atoms with E-state index < -0.39 is 17.7 Å². The van der Waals surface area contributed by atoms with E-state index in [0.717, 1.165) is 12.1 Å². The molecule has 0 aromatic heterocycles. The van der Waals surface area contributed by atoms with Crippen molar-refractivity contribution in [2.75, 3.05) is 6.54 Å². The van der Waals surface area contributed by atoms with Crippen LogP contribution in [0.25, 0.3) is 0 Å². The minimum absolute atomic E-state index is 0.00974. The van der Waals surface area contributed by atoms with Gasteiger partial charge in [0.15, 0.2) is 0 Å². The second-order valence-electron chi connectivity index (χ2n) is 3.87. The zero-order valence-electron chi connectivity index (χ0n) is 9.58. The van der Waals surface area contributed by atoms with Crippen molar-refractivity contribution in [3.05, 3.63) is 35.4 Å². The van der Waals surface area contributed by atoms with Crippen molar-refractivity contribution in [3.63, 3.8) is 0 Å². The van der Waals surface area contributed by atoms with Crippen molar-refractivity contribution < 1.29 is 13.9 Å². The molecular weight excluding hydrogens is 224 g/mol. The number of benzene rings is 1. The number of aliphatic hydroxyl groups is 1. The molecule has 0 fully saturated rings. The number of halogens is 2. The Morgan fingerprint density at radius 3 is 2.53 bits per heavy atom. The molecule has 0 aliphatic carbocycles. The van der Waals surface area contributed by atoms with Gasteiger partial charge >= 0.3 is 0 Å². The predicted molar refractivity (Wildman–Crippen MR) is 62.2 cm³/mol. The molecule has 92 valence electrons. The highest BCUT2D eigenvalue weighted by molar-refractivity contribution is 5.22. The Morgan fingerprint density at radius 2 is 2.00 bits per heavy atom. The minimum atomic E-state index is -1.23. The van der Waals surface area contributed by atoms with E-state index in [0.29, 0.717) is 6.42 Å². The molecule has 1 aromatic rings. The average Bonchev–Trinajstić information content (AvgIpc) is 2.26. The molecule has 1 rings (SSSR count). The lowest BCUT2D eigenvalue weighted by Crippen LogP contribution is -2.30. The molecule has 2 N–H and O–H groups in total. The molecule has 0 saturated carbocycles. The summed E-state index contributed by atoms with van der Waals surface area (Å²) in [4.78, 5) is 0. The van der Waals surface area contributed by atoms with Gasteiger partial charge in [0, 0.05) is 19.0 Å². The highest BCUT2D eigenvalue weighted by Crippen LogP contribution is 2.20. The van der Waals surface area contributed by atoms with E-state index in [-0.39, 0.29) is 18.2 Å². The number of rotatable bonds is 5. The van der Waals surface area contributed by atoms with Gasteiger partial charge < -0.3 is 10.4 Å². The number of terminal acetylenes is 1. The number of nitrogens with one attached hydrogen (secondary N) is 1. The molecule has 1 aromatic carbocycles. The van der Waals surface area contributed by atoms with Crippen LogP contribution < -0.4 is 5.32 Å². The lowest BCUT2D eigenvalue weighted by molar-refractivity contribution is 0.161. The largest absolute Gasteiger partial charge is 0.387 e. The van der Waals surface area contributed by atoms with Gasteiger partial charge in [-0.25, -0.2) is 8.78 Å². The van der Waals surface area contributed by atoms with Crippen LogP contribution >= 0.6 is 0 Å². The monoisotopic (exact) mass is 239 g/mol. The van der Waals surface area contributed by atoms with E-state index >= 15 is 0 Å². The van der Waals surface area contributed by atoms with Crippen LogP contribution in [0.5, 0.6) is 0 Å². The van der Waals surface area contributed by atoms with E-state index in [9.17, 15) is 13.9 Å². The van der Waals surface area contributed by atoms with Crippen molar-refractivity contribution >= 4 is 0 Å². The third-order valence-electron chi connectivity index (χ3n) is 2.42. The topological polar surface area (TPSA) is 32.3 Å². The van der Waals surface area contributed by atoms with Crippen LogP contribution in [0.15, 0.2) is 18.2 Å². The van der Waals surface area contributed by atoms with Gasteiger partial charge in [0.1, 0.15) is 11.6 Å². The van der Waals surface area contributed by atoms with Crippen LogP contribution in [0.4, 0.5) is 8.78 Å². The average molecular weight is 239 g/mol. The zero-order chi connectivity index (χ0) is 12.8. The highest BCUT2D eigenvalue weighted by Gasteiger charge is 2.17. The fraction of sp³-hybridized carbons (Fsp3) is 0.385. The molecular formula is C13H15F2NO. The Bertz CT molecular complexity index is 394. The molecule has 2 unspecified atom stereocenters. The Kier molecular flexibility index (Phi) is 5.08. The van der Waals surface area contributed by atoms with Gasteiger partial charge in [-0.05, 0) is 19.1 Å². The lowest BCUT2D eigenvalue weighted by atomic mass is 10.1. The number of aliphatic hydroxyl groups excluding tert-OH is 1. The first-order valence-electron chi connectivity index (χ1n) is 5.35. The Morgan fingerprint density at radius 1 is 1.41 bits per heavy atom. The fourth-order valence-corrected chi connectivity index (χ4v) is 1.49. The molecule has 0 aliphatic heterocycles. The molecule has 0 amide bonds. The van der Waals surface area contributed by atoms with Crippen LogP contribution in [0.1, 0.15) is 25.0 Å². The maximum atomic E-state index is 13.3. The molecule has 0 saturated heterocycles. The number of hydrogen-bond acceptors (Lipinski definition) is 2. The lowest BCUT2D eigenvalue weighted by Gasteiger charge is -2.16. The first kappa shape index (κ1) is 13.6. The Balaban J connectivity index is 2.64. The molecule has 0 spiro atoms. The van der Waals surface area contributed by atoms with Crippen LogP contribution in [0, 0.1) is 24.0 Å². The first-order chi connectivity index (χ1) is 8.06. The fourth-order valence-electron chi connectivity index (χ4n) is 1.49. The molecule has 0 bridgehead atoms. The second-order valence-corrected chi connectivity index (χ2v) is 3.87. The van der Waals surface area contributed by atoms with Crippen molar-refractivity contribution in [1.29, 1.82) is 0 Å². The summed E-state index contributed by atoms with van der Waals surface area (Å²) in [6, 6.07) is 3.48. The van der Waals surface area contributed by atoms with Crippen molar-refractivity contribution in [2.45, 2.75) is 25.5 Å².